The number of pyridine rings is 2. The fraction of sp³-hybridized carbons (Fsp3) is 0.391. The Balaban J connectivity index is 1.60. The maximum Gasteiger partial charge on any atom is 0.138 e. The Kier molecular flexibility index (Phi) is 5.88. The van der Waals surface area contributed by atoms with Crippen LogP contribution in [0.15, 0.2) is 41.2 Å². The molecule has 0 aliphatic carbocycles. The lowest BCUT2D eigenvalue weighted by atomic mass is 10.0. The van der Waals surface area contributed by atoms with Crippen molar-refractivity contribution in [3.63, 3.8) is 0 Å². The second kappa shape index (κ2) is 8.60. The van der Waals surface area contributed by atoms with Crippen molar-refractivity contribution in [1.29, 1.82) is 5.26 Å². The predicted octanol–water partition coefficient (Wildman–Crippen LogP) is 3.66. The second-order valence-electron chi connectivity index (χ2n) is 8.19. The van der Waals surface area contributed by atoms with Crippen LogP contribution >= 0.6 is 0 Å². The minimum absolute atomic E-state index is 0.402. The summed E-state index contributed by atoms with van der Waals surface area (Å²) in [7, 11) is -1.07. The summed E-state index contributed by atoms with van der Waals surface area (Å²) in [5.41, 5.74) is 3.11. The third kappa shape index (κ3) is 4.67. The van der Waals surface area contributed by atoms with Gasteiger partial charge in [-0.25, -0.2) is 9.50 Å². The Morgan fingerprint density at radius 3 is 2.68 bits per heavy atom. The van der Waals surface area contributed by atoms with Gasteiger partial charge < -0.3 is 9.64 Å². The van der Waals surface area contributed by atoms with Gasteiger partial charge >= 0.3 is 0 Å². The molecule has 0 saturated carbocycles. The zero-order chi connectivity index (χ0) is 22.0. The number of nitrogens with zero attached hydrogens (tertiary/aromatic N) is 6. The van der Waals surface area contributed by atoms with Crippen LogP contribution in [-0.2, 0) is 9.41 Å². The number of piperidine rings is 1. The summed E-state index contributed by atoms with van der Waals surface area (Å²) in [6.07, 6.45) is 11.6. The molecule has 3 aromatic rings. The van der Waals surface area contributed by atoms with Gasteiger partial charge in [-0.05, 0) is 50.5 Å². The van der Waals surface area contributed by atoms with Gasteiger partial charge in [0.15, 0.2) is 0 Å². The maximum absolute atomic E-state index is 9.51. The van der Waals surface area contributed by atoms with E-state index in [9.17, 15) is 5.26 Å². The molecule has 7 nitrogen and oxygen atoms in total. The number of aromatic nitrogens is 3. The van der Waals surface area contributed by atoms with Crippen LogP contribution in [0.2, 0.25) is 0 Å². The zero-order valence-corrected chi connectivity index (χ0v) is 19.1. The van der Waals surface area contributed by atoms with E-state index in [2.05, 4.69) is 46.6 Å². The van der Waals surface area contributed by atoms with Crippen LogP contribution in [0.1, 0.15) is 25.3 Å². The average Bonchev–Trinajstić information content (AvgIpc) is 3.16. The molecule has 0 radical (unpaired) electrons. The Labute approximate surface area is 183 Å². The van der Waals surface area contributed by atoms with Crippen LogP contribution in [0.5, 0.6) is 5.75 Å². The summed E-state index contributed by atoms with van der Waals surface area (Å²) >= 11 is 0. The highest BCUT2D eigenvalue weighted by molar-refractivity contribution is 8.01. The average molecular weight is 437 g/mol. The van der Waals surface area contributed by atoms with Crippen molar-refractivity contribution in [2.24, 2.45) is 4.36 Å². The molecule has 162 valence electrons. The van der Waals surface area contributed by atoms with E-state index < -0.39 is 9.41 Å². The van der Waals surface area contributed by atoms with Crippen LogP contribution in [0.4, 0.5) is 5.82 Å². The molecule has 0 atom stereocenters. The number of ether oxygens (including phenoxy) is 1. The van der Waals surface area contributed by atoms with Crippen LogP contribution in [0.3, 0.4) is 0 Å². The first-order valence-corrected chi connectivity index (χ1v) is 13.0. The number of hydrogen-bond donors (Lipinski definition) is 0. The van der Waals surface area contributed by atoms with Gasteiger partial charge in [-0.3, -0.25) is 4.36 Å². The first-order valence-electron chi connectivity index (χ1n) is 10.4. The van der Waals surface area contributed by atoms with Crippen molar-refractivity contribution in [2.75, 3.05) is 37.1 Å². The van der Waals surface area contributed by atoms with Gasteiger partial charge in [-0.1, -0.05) is 5.87 Å². The molecule has 8 heteroatoms. The van der Waals surface area contributed by atoms with Gasteiger partial charge in [0.1, 0.15) is 17.6 Å². The monoisotopic (exact) mass is 436 g/mol. The third-order valence-corrected chi connectivity index (χ3v) is 6.17. The van der Waals surface area contributed by atoms with Crippen molar-refractivity contribution >= 4 is 26.6 Å². The molecule has 0 amide bonds. The molecule has 1 aliphatic heterocycles. The third-order valence-electron chi connectivity index (χ3n) is 5.30. The molecule has 1 aliphatic rings. The van der Waals surface area contributed by atoms with E-state index in [0.29, 0.717) is 24.0 Å². The van der Waals surface area contributed by atoms with E-state index >= 15 is 0 Å². The standard InChI is InChI=1S/C23H28N6OS/c1-5-30-20-12-21(23-18(13-24)15-26-29(23)16-20)17-6-7-22(25-14-17)28-10-8-19(9-11-28)27-31(2,3)4/h6-7,12,14-16,19H,2,5,8-11H2,1,3-4H3. The molecular weight excluding hydrogens is 408 g/mol. The highest BCUT2D eigenvalue weighted by atomic mass is 32.2. The lowest BCUT2D eigenvalue weighted by molar-refractivity contribution is 0.338. The van der Waals surface area contributed by atoms with Crippen molar-refractivity contribution in [1.82, 2.24) is 14.6 Å². The molecule has 0 aromatic carbocycles. The number of anilines is 1. The molecule has 1 saturated heterocycles. The summed E-state index contributed by atoms with van der Waals surface area (Å²) in [5.74, 6) is 5.86. The lowest BCUT2D eigenvalue weighted by Crippen LogP contribution is -2.36. The smallest absolute Gasteiger partial charge is 0.138 e. The van der Waals surface area contributed by atoms with Gasteiger partial charge in [-0.2, -0.15) is 10.4 Å². The van der Waals surface area contributed by atoms with E-state index in [-0.39, 0.29) is 0 Å². The lowest BCUT2D eigenvalue weighted by Gasteiger charge is -2.31. The van der Waals surface area contributed by atoms with E-state index in [0.717, 1.165) is 48.4 Å². The topological polar surface area (TPSA) is 78.8 Å². The van der Waals surface area contributed by atoms with Crippen molar-refractivity contribution in [3.8, 4) is 22.9 Å². The van der Waals surface area contributed by atoms with Gasteiger partial charge in [0, 0.05) is 30.4 Å². The van der Waals surface area contributed by atoms with Crippen LogP contribution in [0.25, 0.3) is 16.6 Å². The molecule has 0 N–H and O–H groups in total. The Hall–Kier alpha value is -3.05. The molecule has 0 bridgehead atoms. The number of nitriles is 1. The van der Waals surface area contributed by atoms with E-state index in [1.807, 2.05) is 19.2 Å². The van der Waals surface area contributed by atoms with E-state index in [4.69, 9.17) is 14.1 Å². The Bertz CT molecular complexity index is 1230. The van der Waals surface area contributed by atoms with Gasteiger partial charge in [0.25, 0.3) is 0 Å². The SMILES string of the molecule is C=S(C)(C)=NC1CCN(c2ccc(-c3cc(OCC)cn4ncc(C#N)c34)cn2)CC1. The molecule has 1 fully saturated rings. The van der Waals surface area contributed by atoms with Crippen molar-refractivity contribution < 1.29 is 4.74 Å². The highest BCUT2D eigenvalue weighted by Crippen LogP contribution is 2.31. The largest absolute Gasteiger partial charge is 0.492 e. The Morgan fingerprint density at radius 1 is 1.29 bits per heavy atom. The van der Waals surface area contributed by atoms with Crippen LogP contribution in [0, 0.1) is 11.3 Å². The molecule has 31 heavy (non-hydrogen) atoms. The summed E-state index contributed by atoms with van der Waals surface area (Å²) in [5, 5.41) is 13.8. The molecule has 0 unspecified atom stereocenters. The summed E-state index contributed by atoms with van der Waals surface area (Å²) in [6.45, 7) is 4.39. The fourth-order valence-electron chi connectivity index (χ4n) is 3.98. The highest BCUT2D eigenvalue weighted by Gasteiger charge is 2.20. The number of hydrogen-bond acceptors (Lipinski definition) is 6. The van der Waals surface area contributed by atoms with Crippen molar-refractivity contribution in [3.05, 3.63) is 42.4 Å². The molecular formula is C23H28N6OS. The summed E-state index contributed by atoms with van der Waals surface area (Å²) < 4.78 is 12.3. The second-order valence-corrected chi connectivity index (χ2v) is 11.4. The van der Waals surface area contributed by atoms with Gasteiger partial charge in [0.2, 0.25) is 0 Å². The minimum atomic E-state index is -1.07. The maximum atomic E-state index is 9.51. The Morgan fingerprint density at radius 2 is 2.06 bits per heavy atom. The summed E-state index contributed by atoms with van der Waals surface area (Å²) in [6, 6.07) is 8.69. The summed E-state index contributed by atoms with van der Waals surface area (Å²) in [4.78, 5) is 7.05. The van der Waals surface area contributed by atoms with E-state index in [1.165, 1.54) is 0 Å². The normalized spacial score (nSPS) is 15.1. The predicted molar refractivity (Wildman–Crippen MR) is 128 cm³/mol. The molecule has 0 spiro atoms. The van der Waals surface area contributed by atoms with Gasteiger partial charge in [0.05, 0.1) is 36.1 Å². The minimum Gasteiger partial charge on any atom is -0.492 e. The van der Waals surface area contributed by atoms with Crippen LogP contribution in [-0.4, -0.2) is 58.7 Å². The van der Waals surface area contributed by atoms with Gasteiger partial charge in [-0.15, -0.1) is 9.41 Å². The first-order chi connectivity index (χ1) is 14.9. The van der Waals surface area contributed by atoms with E-state index in [1.54, 1.807) is 16.9 Å². The quantitative estimate of drug-likeness (QED) is 0.570. The molecule has 3 aromatic heterocycles. The number of fused-ring (bicyclic) bond motifs is 1. The first kappa shape index (κ1) is 21.2. The molecule has 4 rings (SSSR count). The number of rotatable bonds is 5. The van der Waals surface area contributed by atoms with Crippen LogP contribution < -0.4 is 9.64 Å². The molecule has 4 heterocycles. The van der Waals surface area contributed by atoms with Crippen molar-refractivity contribution in [2.45, 2.75) is 25.8 Å². The fourth-order valence-corrected chi connectivity index (χ4v) is 5.00. The zero-order valence-electron chi connectivity index (χ0n) is 18.3.